The Morgan fingerprint density at radius 3 is 2.32 bits per heavy atom. The maximum atomic E-state index is 9.24. The maximum absolute atomic E-state index is 9.24. The summed E-state index contributed by atoms with van der Waals surface area (Å²) < 4.78 is 5.78. The van der Waals surface area contributed by atoms with Crippen LogP contribution in [0.2, 0.25) is 0 Å². The highest BCUT2D eigenvalue weighted by Crippen LogP contribution is 2.19. The minimum Gasteiger partial charge on any atom is -0.489 e. The molecule has 0 atom stereocenters. The van der Waals surface area contributed by atoms with E-state index in [9.17, 15) is 10.0 Å². The third-order valence-corrected chi connectivity index (χ3v) is 3.08. The molecule has 2 N–H and O–H groups in total. The molecule has 0 aliphatic rings. The van der Waals surface area contributed by atoms with Gasteiger partial charge >= 0.3 is 7.12 Å². The lowest BCUT2D eigenvalue weighted by molar-refractivity contribution is 0.304. The Morgan fingerprint density at radius 1 is 1.00 bits per heavy atom. The van der Waals surface area contributed by atoms with E-state index in [-0.39, 0.29) is 0 Å². The summed E-state index contributed by atoms with van der Waals surface area (Å²) in [5.74, 6) is 0.769. The zero-order valence-corrected chi connectivity index (χ0v) is 11.1. The van der Waals surface area contributed by atoms with E-state index in [0.717, 1.165) is 22.4 Å². The van der Waals surface area contributed by atoms with Crippen LogP contribution < -0.4 is 10.2 Å². The van der Waals surface area contributed by atoms with Crippen LogP contribution in [-0.2, 0) is 6.61 Å². The molecule has 0 fully saturated rings. The molecular formula is C15H17BO3. The van der Waals surface area contributed by atoms with Gasteiger partial charge in [0.25, 0.3) is 0 Å². The summed E-state index contributed by atoms with van der Waals surface area (Å²) in [5, 5.41) is 18.5. The molecule has 0 saturated carbocycles. The molecule has 2 aromatic carbocycles. The van der Waals surface area contributed by atoms with Gasteiger partial charge in [0.1, 0.15) is 12.4 Å². The second-order valence-electron chi connectivity index (χ2n) is 4.62. The summed E-state index contributed by atoms with van der Waals surface area (Å²) in [4.78, 5) is 0. The third kappa shape index (κ3) is 3.37. The molecule has 0 amide bonds. The van der Waals surface area contributed by atoms with Crippen LogP contribution in [0.4, 0.5) is 0 Å². The van der Waals surface area contributed by atoms with E-state index in [1.54, 1.807) is 6.07 Å². The first kappa shape index (κ1) is 13.7. The average molecular weight is 256 g/mol. The molecule has 2 rings (SSSR count). The molecule has 0 aromatic heterocycles. The van der Waals surface area contributed by atoms with E-state index in [1.165, 1.54) is 0 Å². The fraction of sp³-hybridized carbons (Fsp3) is 0.200. The van der Waals surface area contributed by atoms with Crippen molar-refractivity contribution in [3.8, 4) is 5.75 Å². The number of hydrogen-bond acceptors (Lipinski definition) is 3. The van der Waals surface area contributed by atoms with Crippen molar-refractivity contribution in [2.24, 2.45) is 0 Å². The molecule has 0 aliphatic carbocycles. The monoisotopic (exact) mass is 256 g/mol. The van der Waals surface area contributed by atoms with Gasteiger partial charge in [-0.15, -0.1) is 0 Å². The van der Waals surface area contributed by atoms with Crippen molar-refractivity contribution in [1.82, 2.24) is 0 Å². The van der Waals surface area contributed by atoms with Crippen molar-refractivity contribution in [3.05, 3.63) is 59.2 Å². The van der Waals surface area contributed by atoms with Gasteiger partial charge in [0.15, 0.2) is 0 Å². The van der Waals surface area contributed by atoms with Gasteiger partial charge in [-0.05, 0) is 42.1 Å². The van der Waals surface area contributed by atoms with Crippen LogP contribution in [0, 0.1) is 13.8 Å². The first-order valence-corrected chi connectivity index (χ1v) is 6.22. The SMILES string of the molecule is Cc1cc(B(O)O)c(C)cc1OCc1ccccc1. The van der Waals surface area contributed by atoms with Gasteiger partial charge in [0.05, 0.1) is 0 Å². The normalized spacial score (nSPS) is 10.3. The minimum atomic E-state index is -1.44. The molecule has 0 heterocycles. The van der Waals surface area contributed by atoms with E-state index >= 15 is 0 Å². The van der Waals surface area contributed by atoms with Gasteiger partial charge in [-0.2, -0.15) is 0 Å². The lowest BCUT2D eigenvalue weighted by atomic mass is 9.76. The first-order chi connectivity index (χ1) is 9.08. The Morgan fingerprint density at radius 2 is 1.68 bits per heavy atom. The number of aryl methyl sites for hydroxylation is 2. The van der Waals surface area contributed by atoms with Crippen LogP contribution in [-0.4, -0.2) is 17.2 Å². The molecule has 98 valence electrons. The van der Waals surface area contributed by atoms with Crippen molar-refractivity contribution in [2.45, 2.75) is 20.5 Å². The Bertz CT molecular complexity index is 553. The lowest BCUT2D eigenvalue weighted by Gasteiger charge is -2.13. The van der Waals surface area contributed by atoms with Gasteiger partial charge < -0.3 is 14.8 Å². The Kier molecular flexibility index (Phi) is 4.25. The number of ether oxygens (including phenoxy) is 1. The summed E-state index contributed by atoms with van der Waals surface area (Å²) in [6.07, 6.45) is 0. The zero-order valence-electron chi connectivity index (χ0n) is 11.1. The fourth-order valence-corrected chi connectivity index (χ4v) is 1.98. The smallest absolute Gasteiger partial charge is 0.488 e. The van der Waals surface area contributed by atoms with Crippen LogP contribution in [0.5, 0.6) is 5.75 Å². The van der Waals surface area contributed by atoms with Gasteiger partial charge in [-0.3, -0.25) is 0 Å². The quantitative estimate of drug-likeness (QED) is 0.816. The van der Waals surface area contributed by atoms with E-state index in [0.29, 0.717) is 12.1 Å². The second-order valence-corrected chi connectivity index (χ2v) is 4.62. The van der Waals surface area contributed by atoms with Gasteiger partial charge in [-0.1, -0.05) is 36.4 Å². The van der Waals surface area contributed by atoms with Crippen molar-refractivity contribution < 1.29 is 14.8 Å². The molecule has 2 aromatic rings. The van der Waals surface area contributed by atoms with E-state index in [1.807, 2.05) is 50.2 Å². The largest absolute Gasteiger partial charge is 0.489 e. The van der Waals surface area contributed by atoms with Crippen LogP contribution >= 0.6 is 0 Å². The summed E-state index contributed by atoms with van der Waals surface area (Å²) in [5.41, 5.74) is 3.32. The highest BCUT2D eigenvalue weighted by atomic mass is 16.5. The molecule has 19 heavy (non-hydrogen) atoms. The molecule has 0 aliphatic heterocycles. The van der Waals surface area contributed by atoms with Crippen LogP contribution in [0.15, 0.2) is 42.5 Å². The predicted molar refractivity (Wildman–Crippen MR) is 76.5 cm³/mol. The fourth-order valence-electron chi connectivity index (χ4n) is 1.98. The van der Waals surface area contributed by atoms with Crippen LogP contribution in [0.3, 0.4) is 0 Å². The summed E-state index contributed by atoms with van der Waals surface area (Å²) in [7, 11) is -1.44. The maximum Gasteiger partial charge on any atom is 0.488 e. The van der Waals surface area contributed by atoms with Gasteiger partial charge in [-0.25, -0.2) is 0 Å². The zero-order chi connectivity index (χ0) is 13.8. The average Bonchev–Trinajstić information content (AvgIpc) is 2.40. The van der Waals surface area contributed by atoms with E-state index < -0.39 is 7.12 Å². The number of benzene rings is 2. The molecule has 0 spiro atoms. The third-order valence-electron chi connectivity index (χ3n) is 3.08. The molecular weight excluding hydrogens is 239 g/mol. The summed E-state index contributed by atoms with van der Waals surface area (Å²) in [6.45, 7) is 4.23. The van der Waals surface area contributed by atoms with Crippen molar-refractivity contribution in [2.75, 3.05) is 0 Å². The van der Waals surface area contributed by atoms with E-state index in [2.05, 4.69) is 0 Å². The van der Waals surface area contributed by atoms with Gasteiger partial charge in [0.2, 0.25) is 0 Å². The van der Waals surface area contributed by atoms with Crippen molar-refractivity contribution in [1.29, 1.82) is 0 Å². The molecule has 4 heteroatoms. The van der Waals surface area contributed by atoms with E-state index in [4.69, 9.17) is 4.74 Å². The Balaban J connectivity index is 2.15. The highest BCUT2D eigenvalue weighted by molar-refractivity contribution is 6.59. The minimum absolute atomic E-state index is 0.502. The number of hydrogen-bond donors (Lipinski definition) is 2. The molecule has 0 unspecified atom stereocenters. The summed E-state index contributed by atoms with van der Waals surface area (Å²) >= 11 is 0. The first-order valence-electron chi connectivity index (χ1n) is 6.22. The second kappa shape index (κ2) is 5.91. The van der Waals surface area contributed by atoms with Crippen molar-refractivity contribution in [3.63, 3.8) is 0 Å². The van der Waals surface area contributed by atoms with Crippen LogP contribution in [0.1, 0.15) is 16.7 Å². The Hall–Kier alpha value is -1.78. The topological polar surface area (TPSA) is 49.7 Å². The summed E-state index contributed by atoms with van der Waals surface area (Å²) in [6, 6.07) is 13.5. The Labute approximate surface area is 113 Å². The van der Waals surface area contributed by atoms with Crippen molar-refractivity contribution >= 4 is 12.6 Å². The molecule has 0 bridgehead atoms. The predicted octanol–water partition coefficient (Wildman–Crippen LogP) is 1.56. The highest BCUT2D eigenvalue weighted by Gasteiger charge is 2.16. The number of rotatable bonds is 4. The molecule has 0 saturated heterocycles. The lowest BCUT2D eigenvalue weighted by Crippen LogP contribution is -2.32. The molecule has 0 radical (unpaired) electrons. The van der Waals surface area contributed by atoms with Gasteiger partial charge in [0, 0.05) is 0 Å². The standard InChI is InChI=1S/C15H17BO3/c1-11-9-15(12(2)8-14(11)16(17)18)19-10-13-6-4-3-5-7-13/h3-9,17-18H,10H2,1-2H3. The van der Waals surface area contributed by atoms with Crippen LogP contribution in [0.25, 0.3) is 0 Å². The molecule has 3 nitrogen and oxygen atoms in total.